The van der Waals surface area contributed by atoms with Crippen LogP contribution in [-0.4, -0.2) is 48.5 Å². The van der Waals surface area contributed by atoms with Crippen LogP contribution in [0.2, 0.25) is 5.02 Å². The smallest absolute Gasteiger partial charge is 0.308 e. The molecule has 1 fully saturated rings. The third-order valence-electron chi connectivity index (χ3n) is 6.20. The van der Waals surface area contributed by atoms with Crippen LogP contribution >= 0.6 is 23.4 Å². The van der Waals surface area contributed by atoms with Gasteiger partial charge >= 0.3 is 5.97 Å². The molecule has 0 spiro atoms. The van der Waals surface area contributed by atoms with Crippen LogP contribution in [0.3, 0.4) is 0 Å². The second-order valence-corrected chi connectivity index (χ2v) is 12.1. The van der Waals surface area contributed by atoms with Gasteiger partial charge in [-0.1, -0.05) is 49.9 Å². The molecule has 9 heteroatoms. The van der Waals surface area contributed by atoms with Crippen molar-refractivity contribution >= 4 is 39.4 Å². The van der Waals surface area contributed by atoms with Crippen molar-refractivity contribution in [2.45, 2.75) is 55.2 Å². The van der Waals surface area contributed by atoms with E-state index in [2.05, 4.69) is 6.92 Å². The maximum atomic E-state index is 13.7. The molecule has 3 rings (SSSR count). The fraction of sp³-hybridized carbons (Fsp3) is 0.480. The van der Waals surface area contributed by atoms with Crippen molar-refractivity contribution in [1.82, 2.24) is 4.31 Å². The van der Waals surface area contributed by atoms with Crippen molar-refractivity contribution in [2.75, 3.05) is 19.4 Å². The SMILES string of the molecule is CCCCCCS[C@@H]1C[C@@H](c2ccc(OC)cc2)N(S(=O)(=O)c2ccc(Cl)cc2)C[C@H]1C(=O)O. The third-order valence-corrected chi connectivity index (χ3v) is 9.81. The number of hydrogen-bond donors (Lipinski definition) is 1. The number of sulfonamides is 1. The summed E-state index contributed by atoms with van der Waals surface area (Å²) in [7, 11) is -2.36. The zero-order chi connectivity index (χ0) is 24.7. The van der Waals surface area contributed by atoms with Crippen molar-refractivity contribution in [2.24, 2.45) is 5.92 Å². The highest BCUT2D eigenvalue weighted by atomic mass is 35.5. The van der Waals surface area contributed by atoms with E-state index in [0.29, 0.717) is 17.2 Å². The molecule has 1 aliphatic rings. The molecule has 1 N–H and O–H groups in total. The van der Waals surface area contributed by atoms with E-state index >= 15 is 0 Å². The largest absolute Gasteiger partial charge is 0.497 e. The first-order valence-corrected chi connectivity index (χ1v) is 14.4. The average molecular weight is 526 g/mol. The molecule has 1 heterocycles. The van der Waals surface area contributed by atoms with Gasteiger partial charge in [0.25, 0.3) is 0 Å². The second kappa shape index (κ2) is 12.3. The fourth-order valence-electron chi connectivity index (χ4n) is 4.26. The summed E-state index contributed by atoms with van der Waals surface area (Å²) in [6.45, 7) is 2.08. The van der Waals surface area contributed by atoms with Gasteiger partial charge in [0.1, 0.15) is 5.75 Å². The van der Waals surface area contributed by atoms with E-state index in [9.17, 15) is 18.3 Å². The number of thioether (sulfide) groups is 1. The molecule has 0 amide bonds. The number of unbranched alkanes of at least 4 members (excludes halogenated alkanes) is 3. The Morgan fingerprint density at radius 3 is 2.38 bits per heavy atom. The van der Waals surface area contributed by atoms with Crippen LogP contribution in [0.1, 0.15) is 50.6 Å². The summed E-state index contributed by atoms with van der Waals surface area (Å²) >= 11 is 7.62. The van der Waals surface area contributed by atoms with E-state index in [-0.39, 0.29) is 16.7 Å². The van der Waals surface area contributed by atoms with Gasteiger partial charge in [-0.25, -0.2) is 8.42 Å². The minimum atomic E-state index is -3.94. The van der Waals surface area contributed by atoms with Gasteiger partial charge in [0.15, 0.2) is 0 Å². The number of halogens is 1. The molecule has 0 radical (unpaired) electrons. The van der Waals surface area contributed by atoms with E-state index in [0.717, 1.165) is 37.0 Å². The van der Waals surface area contributed by atoms with E-state index in [1.165, 1.54) is 28.6 Å². The Morgan fingerprint density at radius 2 is 1.79 bits per heavy atom. The molecular formula is C25H32ClNO5S2. The van der Waals surface area contributed by atoms with Gasteiger partial charge in [-0.15, -0.1) is 0 Å². The van der Waals surface area contributed by atoms with E-state index in [4.69, 9.17) is 16.3 Å². The predicted molar refractivity (Wildman–Crippen MR) is 137 cm³/mol. The lowest BCUT2D eigenvalue weighted by Crippen LogP contribution is -2.49. The number of hydrogen-bond acceptors (Lipinski definition) is 5. The van der Waals surface area contributed by atoms with Gasteiger partial charge in [-0.3, -0.25) is 4.79 Å². The fourth-order valence-corrected chi connectivity index (χ4v) is 7.46. The second-order valence-electron chi connectivity index (χ2n) is 8.47. The first-order valence-electron chi connectivity index (χ1n) is 11.5. The summed E-state index contributed by atoms with van der Waals surface area (Å²) in [4.78, 5) is 12.3. The minimum Gasteiger partial charge on any atom is -0.497 e. The van der Waals surface area contributed by atoms with Crippen LogP contribution in [0.5, 0.6) is 5.75 Å². The van der Waals surface area contributed by atoms with Crippen LogP contribution in [0.4, 0.5) is 0 Å². The highest BCUT2D eigenvalue weighted by Gasteiger charge is 2.45. The molecule has 0 aromatic heterocycles. The Hall–Kier alpha value is -1.74. The summed E-state index contributed by atoms with van der Waals surface area (Å²) < 4.78 is 34.0. The van der Waals surface area contributed by atoms with Crippen LogP contribution in [0, 0.1) is 5.92 Å². The number of carboxylic acids is 1. The van der Waals surface area contributed by atoms with E-state index < -0.39 is 28.0 Å². The Bertz CT molecular complexity index is 1040. The monoisotopic (exact) mass is 525 g/mol. The number of methoxy groups -OCH3 is 1. The minimum absolute atomic E-state index is 0.0797. The standard InChI is InChI=1S/C25H32ClNO5S2/c1-3-4-5-6-15-33-24-16-23(18-7-11-20(32-2)12-8-18)27(17-22(24)25(28)29)34(30,31)21-13-9-19(26)10-14-21/h7-14,22-24H,3-6,15-17H2,1-2H3,(H,28,29)/t22-,23+,24-/m1/s1. The molecule has 0 unspecified atom stereocenters. The molecule has 1 aliphatic heterocycles. The lowest BCUT2D eigenvalue weighted by molar-refractivity contribution is -0.143. The van der Waals surface area contributed by atoms with Gasteiger partial charge in [0, 0.05) is 16.8 Å². The summed E-state index contributed by atoms with van der Waals surface area (Å²) in [5.41, 5.74) is 0.818. The maximum absolute atomic E-state index is 13.7. The molecule has 2 aromatic rings. The van der Waals surface area contributed by atoms with Crippen molar-refractivity contribution in [1.29, 1.82) is 0 Å². The Labute approximate surface area is 211 Å². The number of carbonyl (C=O) groups is 1. The van der Waals surface area contributed by atoms with E-state index in [1.54, 1.807) is 31.0 Å². The normalized spacial score (nSPS) is 21.3. The van der Waals surface area contributed by atoms with Gasteiger partial charge in [0.2, 0.25) is 10.0 Å². The molecule has 0 bridgehead atoms. The van der Waals surface area contributed by atoms with Crippen molar-refractivity contribution in [3.05, 3.63) is 59.1 Å². The molecule has 0 aliphatic carbocycles. The molecule has 2 aromatic carbocycles. The predicted octanol–water partition coefficient (Wildman–Crippen LogP) is 5.87. The number of nitrogens with zero attached hydrogens (tertiary/aromatic N) is 1. The number of rotatable bonds is 11. The number of ether oxygens (including phenoxy) is 1. The number of piperidine rings is 1. The topological polar surface area (TPSA) is 83.9 Å². The summed E-state index contributed by atoms with van der Waals surface area (Å²) in [5.74, 6) is -0.200. The summed E-state index contributed by atoms with van der Waals surface area (Å²) in [5, 5.41) is 10.3. The van der Waals surface area contributed by atoms with Gasteiger partial charge in [0.05, 0.1) is 24.0 Å². The lowest BCUT2D eigenvalue weighted by atomic mass is 9.90. The molecular weight excluding hydrogens is 494 g/mol. The summed E-state index contributed by atoms with van der Waals surface area (Å²) in [6.07, 6.45) is 4.88. The van der Waals surface area contributed by atoms with Gasteiger partial charge < -0.3 is 9.84 Å². The molecule has 1 saturated heterocycles. The van der Waals surface area contributed by atoms with Crippen LogP contribution in [0.15, 0.2) is 53.4 Å². The first kappa shape index (κ1) is 26.9. The number of benzene rings is 2. The van der Waals surface area contributed by atoms with Crippen molar-refractivity contribution in [3.8, 4) is 5.75 Å². The quantitative estimate of drug-likeness (QED) is 0.369. The number of carboxylic acid groups (broad SMARTS) is 1. The van der Waals surface area contributed by atoms with Crippen molar-refractivity contribution in [3.63, 3.8) is 0 Å². The highest BCUT2D eigenvalue weighted by Crippen LogP contribution is 2.42. The summed E-state index contributed by atoms with van der Waals surface area (Å²) in [6, 6.07) is 12.8. The van der Waals surface area contributed by atoms with Crippen LogP contribution in [-0.2, 0) is 14.8 Å². The van der Waals surface area contributed by atoms with Crippen molar-refractivity contribution < 1.29 is 23.1 Å². The van der Waals surface area contributed by atoms with E-state index in [1.807, 2.05) is 12.1 Å². The lowest BCUT2D eigenvalue weighted by Gasteiger charge is -2.41. The third kappa shape index (κ3) is 6.47. The highest BCUT2D eigenvalue weighted by molar-refractivity contribution is 7.99. The molecule has 34 heavy (non-hydrogen) atoms. The molecule has 186 valence electrons. The number of aliphatic carboxylic acids is 1. The van der Waals surface area contributed by atoms with Crippen LogP contribution in [0.25, 0.3) is 0 Å². The Morgan fingerprint density at radius 1 is 1.12 bits per heavy atom. The first-order chi connectivity index (χ1) is 16.3. The zero-order valence-electron chi connectivity index (χ0n) is 19.5. The Kier molecular flexibility index (Phi) is 9.71. The van der Waals surface area contributed by atoms with Gasteiger partial charge in [-0.2, -0.15) is 16.1 Å². The molecule has 3 atom stereocenters. The van der Waals surface area contributed by atoms with Gasteiger partial charge in [-0.05, 0) is 60.6 Å². The molecule has 0 saturated carbocycles. The maximum Gasteiger partial charge on any atom is 0.308 e. The Balaban J connectivity index is 1.94. The van der Waals surface area contributed by atoms with Crippen LogP contribution < -0.4 is 4.74 Å². The zero-order valence-corrected chi connectivity index (χ0v) is 21.9. The average Bonchev–Trinajstić information content (AvgIpc) is 2.83. The molecule has 6 nitrogen and oxygen atoms in total.